The molecule has 3 heteroatoms. The number of nitrogens with zero attached hydrogens (tertiary/aromatic N) is 1. The summed E-state index contributed by atoms with van der Waals surface area (Å²) in [5.41, 5.74) is 0.488. The first-order valence-corrected chi connectivity index (χ1v) is 7.71. The lowest BCUT2D eigenvalue weighted by molar-refractivity contribution is -0.137. The van der Waals surface area contributed by atoms with Crippen LogP contribution in [0.25, 0.3) is 0 Å². The van der Waals surface area contributed by atoms with Crippen molar-refractivity contribution in [2.45, 2.75) is 50.7 Å². The highest BCUT2D eigenvalue weighted by Crippen LogP contribution is 2.35. The van der Waals surface area contributed by atoms with Crippen LogP contribution >= 0.6 is 0 Å². The SMILES string of the molecule is O=C(C1CC1)N(Cc1ccccc1)CC1(O)CCCC1. The number of carbonyl (C=O) groups is 1. The third kappa shape index (κ3) is 3.21. The molecule has 0 aromatic heterocycles. The Bertz CT molecular complexity index is 461. The average Bonchev–Trinajstić information content (AvgIpc) is 3.21. The van der Waals surface area contributed by atoms with Crippen molar-refractivity contribution in [2.24, 2.45) is 5.92 Å². The van der Waals surface area contributed by atoms with Crippen molar-refractivity contribution in [3.63, 3.8) is 0 Å². The summed E-state index contributed by atoms with van der Waals surface area (Å²) in [5.74, 6) is 0.442. The van der Waals surface area contributed by atoms with Crippen LogP contribution in [0.15, 0.2) is 30.3 Å². The van der Waals surface area contributed by atoms with Gasteiger partial charge >= 0.3 is 0 Å². The van der Waals surface area contributed by atoms with Gasteiger partial charge in [-0.1, -0.05) is 43.2 Å². The summed E-state index contributed by atoms with van der Waals surface area (Å²) in [7, 11) is 0. The molecule has 108 valence electrons. The number of amides is 1. The van der Waals surface area contributed by atoms with E-state index in [9.17, 15) is 9.90 Å². The number of hydrogen-bond acceptors (Lipinski definition) is 2. The summed E-state index contributed by atoms with van der Waals surface area (Å²) in [6, 6.07) is 10.1. The molecule has 3 nitrogen and oxygen atoms in total. The van der Waals surface area contributed by atoms with Crippen LogP contribution in [0, 0.1) is 5.92 Å². The van der Waals surface area contributed by atoms with Crippen LogP contribution in [0.4, 0.5) is 0 Å². The van der Waals surface area contributed by atoms with Crippen LogP contribution in [0.1, 0.15) is 44.1 Å². The number of carbonyl (C=O) groups excluding carboxylic acids is 1. The molecule has 0 bridgehead atoms. The molecule has 0 unspecified atom stereocenters. The van der Waals surface area contributed by atoms with Gasteiger partial charge in [0.2, 0.25) is 5.91 Å². The normalized spacial score (nSPS) is 20.9. The Morgan fingerprint density at radius 1 is 1.20 bits per heavy atom. The van der Waals surface area contributed by atoms with Crippen molar-refractivity contribution in [1.82, 2.24) is 4.90 Å². The number of benzene rings is 1. The predicted octanol–water partition coefficient (Wildman–Crippen LogP) is 2.73. The van der Waals surface area contributed by atoms with Gasteiger partial charge in [-0.25, -0.2) is 0 Å². The zero-order valence-corrected chi connectivity index (χ0v) is 11.9. The van der Waals surface area contributed by atoms with Gasteiger partial charge in [-0.3, -0.25) is 4.79 Å². The number of aliphatic hydroxyl groups is 1. The summed E-state index contributed by atoms with van der Waals surface area (Å²) < 4.78 is 0. The standard InChI is InChI=1S/C17H23NO2/c19-16(15-8-9-15)18(12-14-6-2-1-3-7-14)13-17(20)10-4-5-11-17/h1-3,6-7,15,20H,4-5,8-13H2. The molecule has 1 aromatic carbocycles. The van der Waals surface area contributed by atoms with E-state index in [-0.39, 0.29) is 11.8 Å². The van der Waals surface area contributed by atoms with E-state index in [2.05, 4.69) is 0 Å². The fourth-order valence-corrected chi connectivity index (χ4v) is 3.15. The van der Waals surface area contributed by atoms with Gasteiger partial charge in [0.05, 0.1) is 5.60 Å². The average molecular weight is 273 g/mol. The second kappa shape index (κ2) is 5.57. The van der Waals surface area contributed by atoms with Gasteiger partial charge in [-0.2, -0.15) is 0 Å². The van der Waals surface area contributed by atoms with Crippen molar-refractivity contribution in [3.05, 3.63) is 35.9 Å². The summed E-state index contributed by atoms with van der Waals surface area (Å²) in [6.07, 6.45) is 5.85. The first kappa shape index (κ1) is 13.6. The van der Waals surface area contributed by atoms with Crippen LogP contribution in [0.3, 0.4) is 0 Å². The van der Waals surface area contributed by atoms with Crippen LogP contribution < -0.4 is 0 Å². The summed E-state index contributed by atoms with van der Waals surface area (Å²) >= 11 is 0. The minimum absolute atomic E-state index is 0.212. The molecule has 0 heterocycles. The van der Waals surface area contributed by atoms with Gasteiger partial charge < -0.3 is 10.0 Å². The van der Waals surface area contributed by atoms with E-state index in [1.807, 2.05) is 35.2 Å². The van der Waals surface area contributed by atoms with Crippen molar-refractivity contribution < 1.29 is 9.90 Å². The van der Waals surface area contributed by atoms with Crippen molar-refractivity contribution in [1.29, 1.82) is 0 Å². The van der Waals surface area contributed by atoms with E-state index < -0.39 is 5.60 Å². The fourth-order valence-electron chi connectivity index (χ4n) is 3.15. The molecule has 20 heavy (non-hydrogen) atoms. The molecule has 2 aliphatic carbocycles. The molecule has 1 amide bonds. The highest BCUT2D eigenvalue weighted by atomic mass is 16.3. The zero-order chi connectivity index (χ0) is 14.0. The molecule has 3 rings (SSSR count). The Hall–Kier alpha value is -1.35. The highest BCUT2D eigenvalue weighted by molar-refractivity contribution is 5.81. The lowest BCUT2D eigenvalue weighted by atomic mass is 10.0. The molecule has 2 fully saturated rings. The molecular formula is C17H23NO2. The van der Waals surface area contributed by atoms with E-state index in [0.717, 1.165) is 44.1 Å². The summed E-state index contributed by atoms with van der Waals surface area (Å²) in [5, 5.41) is 10.6. The van der Waals surface area contributed by atoms with Gasteiger partial charge in [0.1, 0.15) is 0 Å². The molecule has 2 saturated carbocycles. The van der Waals surface area contributed by atoms with E-state index in [4.69, 9.17) is 0 Å². The molecule has 0 radical (unpaired) electrons. The van der Waals surface area contributed by atoms with E-state index in [0.29, 0.717) is 13.1 Å². The minimum atomic E-state index is -0.653. The molecule has 0 saturated heterocycles. The Kier molecular flexibility index (Phi) is 3.79. The highest BCUT2D eigenvalue weighted by Gasteiger charge is 2.39. The fraction of sp³-hybridized carbons (Fsp3) is 0.588. The predicted molar refractivity (Wildman–Crippen MR) is 78.0 cm³/mol. The van der Waals surface area contributed by atoms with Gasteiger partial charge in [-0.15, -0.1) is 0 Å². The first-order chi connectivity index (χ1) is 9.66. The maximum Gasteiger partial charge on any atom is 0.226 e. The third-order valence-electron chi connectivity index (χ3n) is 4.47. The second-order valence-electron chi connectivity index (χ2n) is 6.39. The van der Waals surface area contributed by atoms with Crippen LogP contribution in [-0.2, 0) is 11.3 Å². The smallest absolute Gasteiger partial charge is 0.226 e. The Morgan fingerprint density at radius 2 is 1.85 bits per heavy atom. The minimum Gasteiger partial charge on any atom is -0.388 e. The first-order valence-electron chi connectivity index (χ1n) is 7.71. The van der Waals surface area contributed by atoms with Crippen LogP contribution in [0.5, 0.6) is 0 Å². The maximum absolute atomic E-state index is 12.5. The molecule has 0 aliphatic heterocycles. The van der Waals surface area contributed by atoms with E-state index in [1.54, 1.807) is 0 Å². The van der Waals surface area contributed by atoms with E-state index >= 15 is 0 Å². The largest absolute Gasteiger partial charge is 0.388 e. The van der Waals surface area contributed by atoms with Gasteiger partial charge in [0.25, 0.3) is 0 Å². The van der Waals surface area contributed by atoms with Crippen molar-refractivity contribution >= 4 is 5.91 Å². The Morgan fingerprint density at radius 3 is 2.45 bits per heavy atom. The van der Waals surface area contributed by atoms with Gasteiger partial charge in [-0.05, 0) is 31.2 Å². The Balaban J connectivity index is 1.71. The van der Waals surface area contributed by atoms with Crippen LogP contribution in [0.2, 0.25) is 0 Å². The summed E-state index contributed by atoms with van der Waals surface area (Å²) in [6.45, 7) is 1.12. The van der Waals surface area contributed by atoms with E-state index in [1.165, 1.54) is 0 Å². The molecular weight excluding hydrogens is 250 g/mol. The quantitative estimate of drug-likeness (QED) is 0.896. The van der Waals surface area contributed by atoms with Crippen LogP contribution in [-0.4, -0.2) is 28.1 Å². The molecule has 0 atom stereocenters. The summed E-state index contributed by atoms with van der Waals surface area (Å²) in [4.78, 5) is 14.3. The lowest BCUT2D eigenvalue weighted by Gasteiger charge is -2.31. The van der Waals surface area contributed by atoms with Gasteiger partial charge in [0, 0.05) is 19.0 Å². The second-order valence-corrected chi connectivity index (χ2v) is 6.39. The molecule has 1 aromatic rings. The zero-order valence-electron chi connectivity index (χ0n) is 11.9. The third-order valence-corrected chi connectivity index (χ3v) is 4.47. The maximum atomic E-state index is 12.5. The lowest BCUT2D eigenvalue weighted by Crippen LogP contribution is -2.44. The Labute approximate surface area is 120 Å². The molecule has 1 N–H and O–H groups in total. The van der Waals surface area contributed by atoms with Crippen molar-refractivity contribution in [2.75, 3.05) is 6.54 Å². The topological polar surface area (TPSA) is 40.5 Å². The monoisotopic (exact) mass is 273 g/mol. The molecule has 2 aliphatic rings. The number of hydrogen-bond donors (Lipinski definition) is 1. The number of rotatable bonds is 5. The molecule has 0 spiro atoms. The van der Waals surface area contributed by atoms with Gasteiger partial charge in [0.15, 0.2) is 0 Å². The van der Waals surface area contributed by atoms with Crippen molar-refractivity contribution in [3.8, 4) is 0 Å².